The van der Waals surface area contributed by atoms with Gasteiger partial charge in [0.05, 0.1) is 13.4 Å². The first-order valence-electron chi connectivity index (χ1n) is 8.59. The maximum absolute atomic E-state index is 11.9. The zero-order valence-electron chi connectivity index (χ0n) is 15.5. The third-order valence-electron chi connectivity index (χ3n) is 4.99. The largest absolute Gasteiger partial charge is 0.497 e. The Morgan fingerprint density at radius 2 is 2.04 bits per heavy atom. The van der Waals surface area contributed by atoms with E-state index in [0.717, 1.165) is 29.4 Å². The number of ether oxygens (including phenoxy) is 1. The lowest BCUT2D eigenvalue weighted by Gasteiger charge is -2.43. The van der Waals surface area contributed by atoms with Gasteiger partial charge in [-0.15, -0.1) is 11.3 Å². The summed E-state index contributed by atoms with van der Waals surface area (Å²) in [7, 11) is -1.50. The topological polar surface area (TPSA) is 62.7 Å². The number of methoxy groups -OCH3 is 1. The number of hydrogen-bond acceptors (Lipinski definition) is 6. The number of sulfonamides is 1. The number of nitrogens with zero attached hydrogens (tertiary/aromatic N) is 3. The van der Waals surface area contributed by atoms with Gasteiger partial charge in [-0.2, -0.15) is 4.31 Å². The summed E-state index contributed by atoms with van der Waals surface area (Å²) in [6.07, 6.45) is 3.20. The van der Waals surface area contributed by atoms with Crippen LogP contribution in [-0.4, -0.2) is 61.1 Å². The predicted molar refractivity (Wildman–Crippen MR) is 105 cm³/mol. The summed E-state index contributed by atoms with van der Waals surface area (Å²) >= 11 is 1.67. The fourth-order valence-corrected chi connectivity index (χ4v) is 5.47. The highest BCUT2D eigenvalue weighted by Gasteiger charge is 2.35. The number of benzene rings is 1. The summed E-state index contributed by atoms with van der Waals surface area (Å²) in [4.78, 5) is 8.06. The Hall–Kier alpha value is -1.48. The first-order valence-corrected chi connectivity index (χ1v) is 11.3. The van der Waals surface area contributed by atoms with Gasteiger partial charge in [0.25, 0.3) is 0 Å². The lowest BCUT2D eigenvalue weighted by Crippen LogP contribution is -2.58. The third kappa shape index (κ3) is 4.09. The van der Waals surface area contributed by atoms with E-state index in [2.05, 4.69) is 16.8 Å². The zero-order valence-corrected chi connectivity index (χ0v) is 17.2. The van der Waals surface area contributed by atoms with Crippen LogP contribution in [0.15, 0.2) is 30.5 Å². The van der Waals surface area contributed by atoms with E-state index in [1.165, 1.54) is 11.1 Å². The molecule has 0 radical (unpaired) electrons. The fourth-order valence-electron chi connectivity index (χ4n) is 3.34. The molecule has 0 saturated carbocycles. The second-order valence-electron chi connectivity index (χ2n) is 6.69. The van der Waals surface area contributed by atoms with Crippen LogP contribution in [0.5, 0.6) is 5.75 Å². The quantitative estimate of drug-likeness (QED) is 0.779. The molecule has 0 aliphatic carbocycles. The van der Waals surface area contributed by atoms with E-state index in [9.17, 15) is 8.42 Å². The fraction of sp³-hybridized carbons (Fsp3) is 0.500. The molecule has 8 heteroatoms. The lowest BCUT2D eigenvalue weighted by atomic mass is 10.1. The van der Waals surface area contributed by atoms with Gasteiger partial charge in [0.1, 0.15) is 10.8 Å². The van der Waals surface area contributed by atoms with Gasteiger partial charge < -0.3 is 4.74 Å². The van der Waals surface area contributed by atoms with Crippen LogP contribution < -0.4 is 4.74 Å². The number of hydrogen-bond donors (Lipinski definition) is 0. The van der Waals surface area contributed by atoms with Gasteiger partial charge in [0.15, 0.2) is 0 Å². The smallest absolute Gasteiger partial charge is 0.211 e. The molecule has 1 fully saturated rings. The summed E-state index contributed by atoms with van der Waals surface area (Å²) in [5.41, 5.74) is 1.05. The van der Waals surface area contributed by atoms with Crippen LogP contribution in [0.25, 0.3) is 10.6 Å². The summed E-state index contributed by atoms with van der Waals surface area (Å²) < 4.78 is 30.7. The molecule has 0 N–H and O–H groups in total. The molecule has 142 valence electrons. The van der Waals surface area contributed by atoms with Gasteiger partial charge in [-0.1, -0.05) is 12.1 Å². The van der Waals surface area contributed by atoms with Gasteiger partial charge in [-0.05, 0) is 26.0 Å². The van der Waals surface area contributed by atoms with Crippen LogP contribution in [0, 0.1) is 0 Å². The highest BCUT2D eigenvalue weighted by atomic mass is 32.2. The molecule has 1 aromatic carbocycles. The Balaban J connectivity index is 1.71. The molecule has 2 atom stereocenters. The Labute approximate surface area is 159 Å². The molecule has 2 heterocycles. The Bertz CT molecular complexity index is 866. The molecule has 1 aromatic heterocycles. The van der Waals surface area contributed by atoms with Crippen molar-refractivity contribution in [3.8, 4) is 16.3 Å². The van der Waals surface area contributed by atoms with Gasteiger partial charge in [-0.25, -0.2) is 13.4 Å². The van der Waals surface area contributed by atoms with Gasteiger partial charge in [0, 0.05) is 48.4 Å². The van der Waals surface area contributed by atoms with Crippen molar-refractivity contribution in [1.82, 2.24) is 14.2 Å². The molecule has 0 unspecified atom stereocenters. The molecule has 3 rings (SSSR count). The number of rotatable bonds is 5. The van der Waals surface area contributed by atoms with E-state index in [1.54, 1.807) is 22.8 Å². The van der Waals surface area contributed by atoms with Crippen LogP contribution in [0.3, 0.4) is 0 Å². The highest BCUT2D eigenvalue weighted by molar-refractivity contribution is 7.88. The van der Waals surface area contributed by atoms with E-state index < -0.39 is 10.0 Å². The van der Waals surface area contributed by atoms with Crippen molar-refractivity contribution < 1.29 is 13.2 Å². The predicted octanol–water partition coefficient (Wildman–Crippen LogP) is 2.67. The standard InChI is InChI=1S/C18H25N3O3S2/c1-13-14(2)21(26(4,22)23)9-8-20(13)12-17-11-19-18(25-17)15-6-5-7-16(10-15)24-3/h5-7,10-11,13-14H,8-9,12H2,1-4H3/t13-,14-/m1/s1. The molecule has 6 nitrogen and oxygen atoms in total. The Kier molecular flexibility index (Phi) is 5.67. The third-order valence-corrected chi connectivity index (χ3v) is 7.39. The molecule has 1 saturated heterocycles. The molecule has 0 bridgehead atoms. The monoisotopic (exact) mass is 395 g/mol. The van der Waals surface area contributed by atoms with Crippen molar-refractivity contribution in [2.45, 2.75) is 32.5 Å². The maximum Gasteiger partial charge on any atom is 0.211 e. The van der Waals surface area contributed by atoms with Gasteiger partial charge in [-0.3, -0.25) is 4.90 Å². The SMILES string of the molecule is COc1cccc(-c2ncc(CN3CCN(S(C)(=O)=O)[C@H](C)[C@H]3C)s2)c1. The van der Waals surface area contributed by atoms with Gasteiger partial charge in [0.2, 0.25) is 10.0 Å². The summed E-state index contributed by atoms with van der Waals surface area (Å²) in [6.45, 7) is 6.11. The van der Waals surface area contributed by atoms with Crippen molar-refractivity contribution in [3.63, 3.8) is 0 Å². The summed E-state index contributed by atoms with van der Waals surface area (Å²) in [5.74, 6) is 0.818. The average Bonchev–Trinajstić information content (AvgIpc) is 3.06. The second-order valence-corrected chi connectivity index (χ2v) is 9.74. The molecule has 2 aromatic rings. The summed E-state index contributed by atoms with van der Waals surface area (Å²) in [6, 6.07) is 8.01. The van der Waals surface area contributed by atoms with Crippen LogP contribution in [0.4, 0.5) is 0 Å². The molecule has 26 heavy (non-hydrogen) atoms. The first-order chi connectivity index (χ1) is 12.3. The minimum Gasteiger partial charge on any atom is -0.497 e. The lowest BCUT2D eigenvalue weighted by molar-refractivity contribution is 0.0799. The molecule has 1 aliphatic rings. The minimum absolute atomic E-state index is 0.0375. The van der Waals surface area contributed by atoms with Crippen molar-refractivity contribution in [2.75, 3.05) is 26.5 Å². The number of piperazine rings is 1. The van der Waals surface area contributed by atoms with E-state index >= 15 is 0 Å². The molecular formula is C18H25N3O3S2. The highest BCUT2D eigenvalue weighted by Crippen LogP contribution is 2.30. The first kappa shape index (κ1) is 19.3. The Morgan fingerprint density at radius 1 is 1.27 bits per heavy atom. The van der Waals surface area contributed by atoms with E-state index in [1.807, 2.05) is 37.4 Å². The van der Waals surface area contributed by atoms with E-state index in [-0.39, 0.29) is 12.1 Å². The van der Waals surface area contributed by atoms with Crippen molar-refractivity contribution in [2.24, 2.45) is 0 Å². The van der Waals surface area contributed by atoms with Crippen molar-refractivity contribution in [3.05, 3.63) is 35.3 Å². The Morgan fingerprint density at radius 3 is 2.73 bits per heavy atom. The van der Waals surface area contributed by atoms with E-state index in [0.29, 0.717) is 6.54 Å². The number of thiazole rings is 1. The average molecular weight is 396 g/mol. The van der Waals surface area contributed by atoms with Crippen molar-refractivity contribution >= 4 is 21.4 Å². The van der Waals surface area contributed by atoms with Crippen LogP contribution >= 0.6 is 11.3 Å². The van der Waals surface area contributed by atoms with Crippen molar-refractivity contribution in [1.29, 1.82) is 0 Å². The second kappa shape index (κ2) is 7.64. The van der Waals surface area contributed by atoms with Crippen LogP contribution in [0.1, 0.15) is 18.7 Å². The zero-order chi connectivity index (χ0) is 18.9. The normalized spacial score (nSPS) is 22.5. The molecule has 0 spiro atoms. The van der Waals surface area contributed by atoms with E-state index in [4.69, 9.17) is 4.74 Å². The maximum atomic E-state index is 11.9. The molecular weight excluding hydrogens is 370 g/mol. The molecule has 0 amide bonds. The minimum atomic E-state index is -3.16. The van der Waals surface area contributed by atoms with Gasteiger partial charge >= 0.3 is 0 Å². The molecule has 1 aliphatic heterocycles. The van der Waals surface area contributed by atoms with Crippen LogP contribution in [-0.2, 0) is 16.6 Å². The summed E-state index contributed by atoms with van der Waals surface area (Å²) in [5, 5.41) is 0.967. The van der Waals surface area contributed by atoms with Crippen LogP contribution in [0.2, 0.25) is 0 Å². The number of aromatic nitrogens is 1.